The van der Waals surface area contributed by atoms with E-state index in [1.54, 1.807) is 44.2 Å². The molecule has 0 atom stereocenters. The van der Waals surface area contributed by atoms with Crippen molar-refractivity contribution in [3.05, 3.63) is 65.7 Å². The third-order valence-corrected chi connectivity index (χ3v) is 4.91. The van der Waals surface area contributed by atoms with E-state index in [-0.39, 0.29) is 34.4 Å². The molecule has 0 radical (unpaired) electrons. The SMILES string of the molecule is CCn1cc(NC(=O)c2cnn3c(C(F)F)cc(-c4ccccc4)nc23)c(C(=O)OC(C)C)n1. The van der Waals surface area contributed by atoms with E-state index in [1.807, 2.05) is 6.92 Å². The predicted molar refractivity (Wildman–Crippen MR) is 120 cm³/mol. The number of hydrogen-bond acceptors (Lipinski definition) is 6. The molecule has 176 valence electrons. The first kappa shape index (κ1) is 23.0. The Balaban J connectivity index is 1.75. The molecule has 3 aromatic heterocycles. The lowest BCUT2D eigenvalue weighted by molar-refractivity contribution is 0.0371. The van der Waals surface area contributed by atoms with Gasteiger partial charge in [-0.1, -0.05) is 30.3 Å². The minimum Gasteiger partial charge on any atom is -0.458 e. The maximum atomic E-state index is 13.8. The molecule has 1 amide bonds. The molecule has 0 saturated heterocycles. The molecule has 0 fully saturated rings. The third-order valence-electron chi connectivity index (χ3n) is 4.91. The smallest absolute Gasteiger partial charge is 0.361 e. The molecule has 3 heterocycles. The molecule has 0 spiro atoms. The molecule has 4 rings (SSSR count). The highest BCUT2D eigenvalue weighted by Crippen LogP contribution is 2.27. The van der Waals surface area contributed by atoms with Gasteiger partial charge in [-0.25, -0.2) is 23.1 Å². The van der Waals surface area contributed by atoms with Gasteiger partial charge >= 0.3 is 5.97 Å². The summed E-state index contributed by atoms with van der Waals surface area (Å²) in [4.78, 5) is 30.0. The Morgan fingerprint density at radius 2 is 1.91 bits per heavy atom. The quantitative estimate of drug-likeness (QED) is 0.404. The number of fused-ring (bicyclic) bond motifs is 1. The minimum absolute atomic E-state index is 0.0351. The summed E-state index contributed by atoms with van der Waals surface area (Å²) < 4.78 is 35.2. The number of carbonyl (C=O) groups is 2. The van der Waals surface area contributed by atoms with Crippen LogP contribution < -0.4 is 5.32 Å². The highest BCUT2D eigenvalue weighted by atomic mass is 19.3. The number of rotatable bonds is 7. The van der Waals surface area contributed by atoms with E-state index in [0.29, 0.717) is 12.1 Å². The molecule has 4 aromatic rings. The van der Waals surface area contributed by atoms with Crippen molar-refractivity contribution in [1.29, 1.82) is 0 Å². The van der Waals surface area contributed by atoms with Gasteiger partial charge in [0.05, 0.1) is 23.7 Å². The molecule has 1 N–H and O–H groups in total. The van der Waals surface area contributed by atoms with Crippen LogP contribution in [0.4, 0.5) is 14.5 Å². The molecule has 1 aromatic carbocycles. The summed E-state index contributed by atoms with van der Waals surface area (Å²) in [5.41, 5.74) is 0.482. The Bertz CT molecular complexity index is 1350. The number of hydrogen-bond donors (Lipinski definition) is 1. The fourth-order valence-corrected chi connectivity index (χ4v) is 3.34. The zero-order valence-corrected chi connectivity index (χ0v) is 18.7. The molecule has 9 nitrogen and oxygen atoms in total. The molecule has 0 bridgehead atoms. The van der Waals surface area contributed by atoms with Crippen LogP contribution in [-0.4, -0.2) is 42.4 Å². The number of amides is 1. The lowest BCUT2D eigenvalue weighted by atomic mass is 10.1. The number of aryl methyl sites for hydroxylation is 1. The van der Waals surface area contributed by atoms with E-state index in [1.165, 1.54) is 16.9 Å². The van der Waals surface area contributed by atoms with Gasteiger partial charge in [0.15, 0.2) is 11.3 Å². The fourth-order valence-electron chi connectivity index (χ4n) is 3.34. The number of nitrogens with zero attached hydrogens (tertiary/aromatic N) is 5. The monoisotopic (exact) mass is 468 g/mol. The molecule has 34 heavy (non-hydrogen) atoms. The number of carbonyl (C=O) groups excluding carboxylic acids is 2. The zero-order valence-electron chi connectivity index (χ0n) is 18.7. The summed E-state index contributed by atoms with van der Waals surface area (Å²) >= 11 is 0. The van der Waals surface area contributed by atoms with Crippen molar-refractivity contribution in [3.8, 4) is 11.3 Å². The van der Waals surface area contributed by atoms with Crippen LogP contribution in [-0.2, 0) is 11.3 Å². The van der Waals surface area contributed by atoms with Gasteiger partial charge in [-0.15, -0.1) is 0 Å². The summed E-state index contributed by atoms with van der Waals surface area (Å²) in [6.45, 7) is 5.67. The lowest BCUT2D eigenvalue weighted by Gasteiger charge is -2.09. The maximum Gasteiger partial charge on any atom is 0.361 e. The fraction of sp³-hybridized carbons (Fsp3) is 0.261. The summed E-state index contributed by atoms with van der Waals surface area (Å²) in [6.07, 6.45) is -0.567. The topological polar surface area (TPSA) is 103 Å². The first-order valence-electron chi connectivity index (χ1n) is 10.6. The van der Waals surface area contributed by atoms with Crippen molar-refractivity contribution in [2.75, 3.05) is 5.32 Å². The van der Waals surface area contributed by atoms with Gasteiger partial charge in [-0.05, 0) is 26.8 Å². The van der Waals surface area contributed by atoms with Gasteiger partial charge < -0.3 is 10.1 Å². The van der Waals surface area contributed by atoms with Crippen LogP contribution in [0, 0.1) is 0 Å². The van der Waals surface area contributed by atoms with Crippen LogP contribution in [0.25, 0.3) is 16.9 Å². The number of halogens is 2. The molecule has 11 heteroatoms. The van der Waals surface area contributed by atoms with Gasteiger partial charge in [-0.3, -0.25) is 9.48 Å². The second-order valence-corrected chi connectivity index (χ2v) is 7.68. The minimum atomic E-state index is -2.84. The van der Waals surface area contributed by atoms with E-state index < -0.39 is 24.0 Å². The van der Waals surface area contributed by atoms with Crippen LogP contribution in [0.2, 0.25) is 0 Å². The molecule has 0 aliphatic heterocycles. The van der Waals surface area contributed by atoms with E-state index in [9.17, 15) is 18.4 Å². The standard InChI is InChI=1S/C23H22F2N6O3/c1-4-30-12-17(19(29-30)23(33)34-13(2)3)28-22(32)15-11-26-31-18(20(24)25)10-16(27-21(15)31)14-8-6-5-7-9-14/h5-13,20H,4H2,1-3H3,(H,28,32). The zero-order chi connectivity index (χ0) is 24.4. The average Bonchev–Trinajstić information content (AvgIpc) is 3.42. The van der Waals surface area contributed by atoms with Gasteiger partial charge in [0.1, 0.15) is 11.3 Å². The van der Waals surface area contributed by atoms with Crippen LogP contribution in [0.1, 0.15) is 53.7 Å². The Morgan fingerprint density at radius 3 is 2.56 bits per heavy atom. The number of nitrogens with one attached hydrogen (secondary N) is 1. The first-order chi connectivity index (χ1) is 16.3. The summed E-state index contributed by atoms with van der Waals surface area (Å²) in [5.74, 6) is -1.37. The summed E-state index contributed by atoms with van der Waals surface area (Å²) in [7, 11) is 0. The summed E-state index contributed by atoms with van der Waals surface area (Å²) in [5, 5.41) is 10.7. The van der Waals surface area contributed by atoms with Gasteiger partial charge in [0.2, 0.25) is 0 Å². The lowest BCUT2D eigenvalue weighted by Crippen LogP contribution is -2.17. The first-order valence-corrected chi connectivity index (χ1v) is 10.6. The Morgan fingerprint density at radius 1 is 1.18 bits per heavy atom. The number of aromatic nitrogens is 5. The highest BCUT2D eigenvalue weighted by molar-refractivity contribution is 6.10. The highest BCUT2D eigenvalue weighted by Gasteiger charge is 2.25. The maximum absolute atomic E-state index is 13.8. The van der Waals surface area contributed by atoms with Gasteiger partial charge in [0, 0.05) is 18.3 Å². The van der Waals surface area contributed by atoms with Gasteiger partial charge in [0.25, 0.3) is 12.3 Å². The number of esters is 1. The van der Waals surface area contributed by atoms with Gasteiger partial charge in [-0.2, -0.15) is 10.2 Å². The van der Waals surface area contributed by atoms with Crippen molar-refractivity contribution >= 4 is 23.2 Å². The van der Waals surface area contributed by atoms with E-state index in [0.717, 1.165) is 10.7 Å². The van der Waals surface area contributed by atoms with Crippen molar-refractivity contribution in [1.82, 2.24) is 24.4 Å². The number of ether oxygens (including phenoxy) is 1. The van der Waals surface area contributed by atoms with Crippen LogP contribution in [0.5, 0.6) is 0 Å². The molecule has 0 unspecified atom stereocenters. The second-order valence-electron chi connectivity index (χ2n) is 7.68. The van der Waals surface area contributed by atoms with Crippen molar-refractivity contribution < 1.29 is 23.1 Å². The Labute approximate surface area is 193 Å². The molecule has 0 aliphatic carbocycles. The molecular weight excluding hydrogens is 446 g/mol. The Kier molecular flexibility index (Phi) is 6.35. The molecular formula is C23H22F2N6O3. The van der Waals surface area contributed by atoms with Crippen LogP contribution >= 0.6 is 0 Å². The number of alkyl halides is 2. The average molecular weight is 468 g/mol. The Hall–Kier alpha value is -4.15. The third kappa shape index (κ3) is 4.49. The predicted octanol–water partition coefficient (Wildman–Crippen LogP) is 4.37. The van der Waals surface area contributed by atoms with Crippen molar-refractivity contribution in [2.45, 2.75) is 39.8 Å². The van der Waals surface area contributed by atoms with E-state index in [2.05, 4.69) is 20.5 Å². The van der Waals surface area contributed by atoms with Crippen LogP contribution in [0.3, 0.4) is 0 Å². The molecule has 0 aliphatic rings. The van der Waals surface area contributed by atoms with Crippen molar-refractivity contribution in [2.24, 2.45) is 0 Å². The largest absolute Gasteiger partial charge is 0.458 e. The van der Waals surface area contributed by atoms with Crippen LogP contribution in [0.15, 0.2) is 48.8 Å². The van der Waals surface area contributed by atoms with E-state index >= 15 is 0 Å². The number of benzene rings is 1. The van der Waals surface area contributed by atoms with E-state index in [4.69, 9.17) is 4.74 Å². The number of anilines is 1. The summed E-state index contributed by atoms with van der Waals surface area (Å²) in [6, 6.07) is 10.0. The van der Waals surface area contributed by atoms with Crippen molar-refractivity contribution in [3.63, 3.8) is 0 Å². The normalized spacial score (nSPS) is 11.4. The second kappa shape index (κ2) is 9.38. The molecule has 0 saturated carbocycles.